The molecule has 0 spiro atoms. The molecule has 0 amide bonds. The van der Waals surface area contributed by atoms with Crippen LogP contribution in [0.2, 0.25) is 0 Å². The monoisotopic (exact) mass is 402 g/mol. The molecular formula is C21H42N2O3S. The van der Waals surface area contributed by atoms with Crippen molar-refractivity contribution in [1.29, 1.82) is 0 Å². The van der Waals surface area contributed by atoms with Gasteiger partial charge in [0.15, 0.2) is 0 Å². The molecular weight excluding hydrogens is 360 g/mol. The molecule has 1 N–H and O–H groups in total. The predicted molar refractivity (Wildman–Crippen MR) is 113 cm³/mol. The van der Waals surface area contributed by atoms with Crippen molar-refractivity contribution >= 4 is 15.8 Å². The summed E-state index contributed by atoms with van der Waals surface area (Å²) < 4.78 is 27.9. The molecule has 160 valence electrons. The second-order valence-electron chi connectivity index (χ2n) is 8.80. The average Bonchev–Trinajstić information content (AvgIpc) is 2.67. The lowest BCUT2D eigenvalue weighted by molar-refractivity contribution is -0.127. The molecule has 0 aromatic heterocycles. The highest BCUT2D eigenvalue weighted by Gasteiger charge is 2.35. The van der Waals surface area contributed by atoms with Gasteiger partial charge in [-0.2, -0.15) is 0 Å². The molecule has 1 saturated carbocycles. The Labute approximate surface area is 168 Å². The first-order chi connectivity index (χ1) is 12.8. The molecule has 27 heavy (non-hydrogen) atoms. The highest BCUT2D eigenvalue weighted by molar-refractivity contribution is 7.90. The Hall–Kier alpha value is -0.460. The first kappa shape index (κ1) is 22.8. The number of hydrogen-bond acceptors (Lipinski definition) is 4. The fourth-order valence-corrected chi connectivity index (χ4v) is 6.13. The van der Waals surface area contributed by atoms with Crippen LogP contribution < -0.4 is 4.72 Å². The van der Waals surface area contributed by atoms with Crippen molar-refractivity contribution in [3.63, 3.8) is 0 Å². The van der Waals surface area contributed by atoms with Crippen LogP contribution in [0.3, 0.4) is 0 Å². The minimum Gasteiger partial charge on any atom is -0.300 e. The summed E-state index contributed by atoms with van der Waals surface area (Å²) in [5, 5.41) is -0.237. The molecule has 0 atom stereocenters. The Morgan fingerprint density at radius 3 is 2.22 bits per heavy atom. The van der Waals surface area contributed by atoms with E-state index >= 15 is 0 Å². The van der Waals surface area contributed by atoms with Crippen LogP contribution in [-0.4, -0.2) is 50.0 Å². The third-order valence-corrected chi connectivity index (χ3v) is 8.39. The van der Waals surface area contributed by atoms with Crippen LogP contribution in [0.5, 0.6) is 0 Å². The number of carbonyl (C=O) groups excluding carboxylic acids is 1. The molecule has 0 unspecified atom stereocenters. The topological polar surface area (TPSA) is 66.5 Å². The Kier molecular flexibility index (Phi) is 9.23. The van der Waals surface area contributed by atoms with Crippen molar-refractivity contribution in [3.8, 4) is 0 Å². The zero-order valence-corrected chi connectivity index (χ0v) is 18.4. The molecule has 0 radical (unpaired) electrons. The number of carbonyl (C=O) groups is 1. The van der Waals surface area contributed by atoms with Gasteiger partial charge in [0.1, 0.15) is 5.78 Å². The van der Waals surface area contributed by atoms with Crippen molar-refractivity contribution in [1.82, 2.24) is 9.62 Å². The van der Waals surface area contributed by atoms with Gasteiger partial charge in [-0.25, -0.2) is 13.1 Å². The van der Waals surface area contributed by atoms with E-state index in [9.17, 15) is 13.2 Å². The lowest BCUT2D eigenvalue weighted by atomic mass is 9.80. The van der Waals surface area contributed by atoms with Gasteiger partial charge in [0.05, 0.1) is 5.25 Å². The van der Waals surface area contributed by atoms with Crippen LogP contribution in [-0.2, 0) is 14.8 Å². The Balaban J connectivity index is 0.00000392. The zero-order valence-electron chi connectivity index (χ0n) is 17.6. The van der Waals surface area contributed by atoms with Crippen molar-refractivity contribution in [2.45, 2.75) is 96.3 Å². The van der Waals surface area contributed by atoms with E-state index < -0.39 is 10.0 Å². The number of Topliss-reactive ketones (excluding diaryl/α,β-unsaturated/α-hetero) is 1. The number of nitrogens with zero attached hydrogens (tertiary/aromatic N) is 1. The lowest BCUT2D eigenvalue weighted by Gasteiger charge is -2.40. The quantitative estimate of drug-likeness (QED) is 0.561. The summed E-state index contributed by atoms with van der Waals surface area (Å²) in [5.74, 6) is 0.807. The number of rotatable bonds is 10. The number of piperidine rings is 1. The minimum atomic E-state index is -3.18. The van der Waals surface area contributed by atoms with E-state index in [0.29, 0.717) is 18.4 Å². The van der Waals surface area contributed by atoms with E-state index in [1.54, 1.807) is 0 Å². The van der Waals surface area contributed by atoms with Gasteiger partial charge in [0, 0.05) is 25.8 Å². The molecule has 1 heterocycles. The van der Waals surface area contributed by atoms with E-state index in [-0.39, 0.29) is 18.5 Å². The maximum atomic E-state index is 12.5. The van der Waals surface area contributed by atoms with Crippen LogP contribution in [0.15, 0.2) is 0 Å². The van der Waals surface area contributed by atoms with Gasteiger partial charge in [-0.15, -0.1) is 0 Å². The molecule has 0 aromatic carbocycles. The minimum absolute atomic E-state index is 0. The smallest absolute Gasteiger partial charge is 0.214 e. The fraction of sp³-hybridized carbons (Fsp3) is 0.952. The average molecular weight is 403 g/mol. The summed E-state index contributed by atoms with van der Waals surface area (Å²) in [6.45, 7) is 8.47. The molecule has 2 aliphatic rings. The van der Waals surface area contributed by atoms with Gasteiger partial charge in [-0.3, -0.25) is 4.79 Å². The molecule has 2 fully saturated rings. The van der Waals surface area contributed by atoms with Gasteiger partial charge < -0.3 is 4.90 Å². The molecule has 1 aliphatic carbocycles. The van der Waals surface area contributed by atoms with E-state index in [1.165, 1.54) is 12.8 Å². The maximum Gasteiger partial charge on any atom is 0.214 e. The third kappa shape index (κ3) is 6.82. The summed E-state index contributed by atoms with van der Waals surface area (Å²) in [6.07, 6.45) is 9.99. The Morgan fingerprint density at radius 1 is 1.04 bits per heavy atom. The number of hydrogen-bond donors (Lipinski definition) is 1. The van der Waals surface area contributed by atoms with E-state index in [4.69, 9.17) is 0 Å². The Morgan fingerprint density at radius 2 is 1.67 bits per heavy atom. The van der Waals surface area contributed by atoms with Gasteiger partial charge in [0.25, 0.3) is 0 Å². The highest BCUT2D eigenvalue weighted by atomic mass is 32.2. The van der Waals surface area contributed by atoms with Gasteiger partial charge in [-0.1, -0.05) is 40.0 Å². The van der Waals surface area contributed by atoms with Crippen LogP contribution in [0.25, 0.3) is 0 Å². The predicted octanol–water partition coefficient (Wildman–Crippen LogP) is 3.98. The van der Waals surface area contributed by atoms with Crippen molar-refractivity contribution in [2.75, 3.05) is 19.6 Å². The summed E-state index contributed by atoms with van der Waals surface area (Å²) >= 11 is 0. The first-order valence-electron chi connectivity index (χ1n) is 11.1. The summed E-state index contributed by atoms with van der Waals surface area (Å²) in [7, 11) is -3.18. The summed E-state index contributed by atoms with van der Waals surface area (Å²) in [6, 6.07) is 0.534. The van der Waals surface area contributed by atoms with Gasteiger partial charge in [0.2, 0.25) is 10.0 Å². The largest absolute Gasteiger partial charge is 0.300 e. The maximum absolute atomic E-state index is 12.5. The number of sulfonamides is 1. The van der Waals surface area contributed by atoms with E-state index in [1.807, 2.05) is 13.8 Å². The number of likely N-dealkylation sites (tertiary alicyclic amines) is 1. The van der Waals surface area contributed by atoms with Gasteiger partial charge >= 0.3 is 0 Å². The van der Waals surface area contributed by atoms with E-state index in [0.717, 1.165) is 64.5 Å². The standard InChI is InChI=1S/C21H40N2O3S.H2/c1-4-5-6-7-14-22-27(25,26)20-12-15-23(16-13-20)19-10-8-18(9-11-19)21(24)17(2)3;/h17-20,22H,4-16H2,1-3H3;1H. The first-order valence-corrected chi connectivity index (χ1v) is 12.7. The number of ketones is 1. The van der Waals surface area contributed by atoms with Crippen LogP contribution in [0.1, 0.15) is 86.4 Å². The third-order valence-electron chi connectivity index (χ3n) is 6.43. The SMILES string of the molecule is CCCCCCNS(=O)(=O)C1CCN(C2CCC(C(=O)C(C)C)CC2)CC1.[HH]. The molecule has 0 bridgehead atoms. The van der Waals surface area contributed by atoms with Crippen LogP contribution >= 0.6 is 0 Å². The second kappa shape index (κ2) is 10.9. The molecule has 1 saturated heterocycles. The second-order valence-corrected chi connectivity index (χ2v) is 10.8. The molecule has 1 aliphatic heterocycles. The van der Waals surface area contributed by atoms with Crippen molar-refractivity contribution in [3.05, 3.63) is 0 Å². The number of unbranched alkanes of at least 4 members (excludes halogenated alkanes) is 3. The lowest BCUT2D eigenvalue weighted by Crippen LogP contribution is -2.48. The summed E-state index contributed by atoms with van der Waals surface area (Å²) in [5.41, 5.74) is 0. The fourth-order valence-electron chi connectivity index (χ4n) is 4.63. The van der Waals surface area contributed by atoms with Crippen LogP contribution in [0, 0.1) is 11.8 Å². The molecule has 0 aromatic rings. The van der Waals surface area contributed by atoms with Gasteiger partial charge in [-0.05, 0) is 58.0 Å². The van der Waals surface area contributed by atoms with Crippen molar-refractivity contribution < 1.29 is 14.6 Å². The molecule has 2 rings (SSSR count). The molecule has 5 nitrogen and oxygen atoms in total. The normalized spacial score (nSPS) is 25.8. The zero-order chi connectivity index (χ0) is 19.9. The Bertz CT molecular complexity index is 552. The highest BCUT2D eigenvalue weighted by Crippen LogP contribution is 2.31. The van der Waals surface area contributed by atoms with Crippen molar-refractivity contribution in [2.24, 2.45) is 11.8 Å². The summed E-state index contributed by atoms with van der Waals surface area (Å²) in [4.78, 5) is 14.7. The van der Waals surface area contributed by atoms with Crippen LogP contribution in [0.4, 0.5) is 0 Å². The molecule has 6 heteroatoms. The number of nitrogens with one attached hydrogen (secondary N) is 1. The van der Waals surface area contributed by atoms with E-state index in [2.05, 4.69) is 16.5 Å².